The first-order valence-corrected chi connectivity index (χ1v) is 9.69. The number of hydrogen-bond acceptors (Lipinski definition) is 4. The molecule has 24 heavy (non-hydrogen) atoms. The van der Waals surface area contributed by atoms with Gasteiger partial charge in [-0.15, -0.1) is 10.2 Å². The fourth-order valence-electron chi connectivity index (χ4n) is 3.02. The SMILES string of the molecule is Fc1cccc(Cl)c1CSc1nnc(C2CC2)n1CC1CCCO1. The molecule has 4 nitrogen and oxygen atoms in total. The molecular formula is C17H19ClFN3OS. The molecule has 0 radical (unpaired) electrons. The van der Waals surface area contributed by atoms with Gasteiger partial charge in [-0.25, -0.2) is 4.39 Å². The molecule has 128 valence electrons. The number of ether oxygens (including phenoxy) is 1. The van der Waals surface area contributed by atoms with Crippen molar-refractivity contribution in [1.82, 2.24) is 14.8 Å². The van der Waals surface area contributed by atoms with Crippen LogP contribution in [0.5, 0.6) is 0 Å². The molecule has 1 aliphatic heterocycles. The fourth-order valence-corrected chi connectivity index (χ4v) is 4.32. The van der Waals surface area contributed by atoms with Crippen LogP contribution in [0.15, 0.2) is 23.4 Å². The van der Waals surface area contributed by atoms with Crippen molar-refractivity contribution in [2.75, 3.05) is 6.61 Å². The normalized spacial score (nSPS) is 20.7. The number of benzene rings is 1. The third-order valence-electron chi connectivity index (χ3n) is 4.51. The quantitative estimate of drug-likeness (QED) is 0.708. The molecule has 0 N–H and O–H groups in total. The third kappa shape index (κ3) is 3.46. The van der Waals surface area contributed by atoms with Crippen molar-refractivity contribution < 1.29 is 9.13 Å². The van der Waals surface area contributed by atoms with Gasteiger partial charge >= 0.3 is 0 Å². The Hall–Kier alpha value is -1.11. The van der Waals surface area contributed by atoms with Crippen LogP contribution in [0.25, 0.3) is 0 Å². The largest absolute Gasteiger partial charge is 0.376 e. The Morgan fingerprint density at radius 3 is 2.88 bits per heavy atom. The summed E-state index contributed by atoms with van der Waals surface area (Å²) in [6.45, 7) is 1.62. The van der Waals surface area contributed by atoms with E-state index in [1.54, 1.807) is 12.1 Å². The number of hydrogen-bond donors (Lipinski definition) is 0. The van der Waals surface area contributed by atoms with E-state index in [4.69, 9.17) is 16.3 Å². The van der Waals surface area contributed by atoms with Crippen molar-refractivity contribution in [3.63, 3.8) is 0 Å². The van der Waals surface area contributed by atoms with Gasteiger partial charge in [-0.3, -0.25) is 0 Å². The predicted octanol–water partition coefficient (Wildman–Crippen LogP) is 4.42. The van der Waals surface area contributed by atoms with Crippen LogP contribution in [-0.4, -0.2) is 27.5 Å². The molecule has 2 heterocycles. The average molecular weight is 368 g/mol. The molecule has 1 aliphatic carbocycles. The maximum atomic E-state index is 14.0. The van der Waals surface area contributed by atoms with Crippen LogP contribution in [0.2, 0.25) is 5.02 Å². The number of aromatic nitrogens is 3. The van der Waals surface area contributed by atoms with E-state index < -0.39 is 0 Å². The van der Waals surface area contributed by atoms with E-state index in [2.05, 4.69) is 14.8 Å². The van der Waals surface area contributed by atoms with Gasteiger partial charge in [0.1, 0.15) is 11.6 Å². The van der Waals surface area contributed by atoms with Crippen LogP contribution in [0.3, 0.4) is 0 Å². The minimum absolute atomic E-state index is 0.231. The molecule has 0 bridgehead atoms. The van der Waals surface area contributed by atoms with Gasteiger partial charge in [-0.1, -0.05) is 29.4 Å². The minimum atomic E-state index is -0.275. The third-order valence-corrected chi connectivity index (χ3v) is 5.85. The lowest BCUT2D eigenvalue weighted by atomic mass is 10.2. The van der Waals surface area contributed by atoms with Crippen molar-refractivity contribution >= 4 is 23.4 Å². The van der Waals surface area contributed by atoms with Crippen molar-refractivity contribution in [2.24, 2.45) is 0 Å². The molecule has 2 aromatic rings. The van der Waals surface area contributed by atoms with Gasteiger partial charge < -0.3 is 9.30 Å². The van der Waals surface area contributed by atoms with Gasteiger partial charge in [0.25, 0.3) is 0 Å². The number of nitrogens with zero attached hydrogens (tertiary/aromatic N) is 3. The second kappa shape index (κ2) is 7.02. The number of rotatable bonds is 6. The van der Waals surface area contributed by atoms with Crippen LogP contribution in [-0.2, 0) is 17.0 Å². The Bertz CT molecular complexity index is 708. The topological polar surface area (TPSA) is 39.9 Å². The van der Waals surface area contributed by atoms with Crippen LogP contribution < -0.4 is 0 Å². The van der Waals surface area contributed by atoms with E-state index >= 15 is 0 Å². The Morgan fingerprint density at radius 2 is 2.17 bits per heavy atom. The summed E-state index contributed by atoms with van der Waals surface area (Å²) in [7, 11) is 0. The van der Waals surface area contributed by atoms with Crippen LogP contribution in [0.1, 0.15) is 43.0 Å². The second-order valence-corrected chi connectivity index (χ2v) is 7.70. The van der Waals surface area contributed by atoms with E-state index in [0.717, 1.165) is 37.0 Å². The van der Waals surface area contributed by atoms with E-state index in [0.29, 0.717) is 22.3 Å². The summed E-state index contributed by atoms with van der Waals surface area (Å²) in [5, 5.41) is 10.0. The van der Waals surface area contributed by atoms with E-state index in [9.17, 15) is 4.39 Å². The van der Waals surface area contributed by atoms with Crippen molar-refractivity contribution in [3.8, 4) is 0 Å². The lowest BCUT2D eigenvalue weighted by Gasteiger charge is -2.14. The zero-order chi connectivity index (χ0) is 16.5. The molecule has 1 aromatic heterocycles. The Morgan fingerprint density at radius 1 is 1.29 bits per heavy atom. The molecule has 0 amide bonds. The first-order valence-electron chi connectivity index (χ1n) is 8.33. The van der Waals surface area contributed by atoms with Gasteiger partial charge in [-0.2, -0.15) is 0 Å². The number of thioether (sulfide) groups is 1. The highest BCUT2D eigenvalue weighted by Gasteiger charge is 2.31. The minimum Gasteiger partial charge on any atom is -0.376 e. The summed E-state index contributed by atoms with van der Waals surface area (Å²) in [5.74, 6) is 1.74. The van der Waals surface area contributed by atoms with Gasteiger partial charge in [0, 0.05) is 28.9 Å². The molecule has 4 rings (SSSR count). The Labute approximate surface area is 149 Å². The standard InChI is InChI=1S/C17H19ClFN3OS/c18-14-4-1-5-15(19)13(14)10-24-17-21-20-16(11-6-7-11)22(17)9-12-3-2-8-23-12/h1,4-5,11-12H,2-3,6-10H2. The van der Waals surface area contributed by atoms with Gasteiger partial charge in [0.2, 0.25) is 0 Å². The molecule has 2 aliphatic rings. The second-order valence-electron chi connectivity index (χ2n) is 6.35. The molecule has 1 saturated carbocycles. The first kappa shape index (κ1) is 16.4. The summed E-state index contributed by atoms with van der Waals surface area (Å²) in [6.07, 6.45) is 4.76. The monoisotopic (exact) mass is 367 g/mol. The lowest BCUT2D eigenvalue weighted by Crippen LogP contribution is -2.17. The van der Waals surface area contributed by atoms with Crippen molar-refractivity contribution in [3.05, 3.63) is 40.4 Å². The van der Waals surface area contributed by atoms with Crippen LogP contribution in [0.4, 0.5) is 4.39 Å². The molecule has 1 atom stereocenters. The molecule has 7 heteroatoms. The molecular weight excluding hydrogens is 349 g/mol. The zero-order valence-electron chi connectivity index (χ0n) is 13.3. The highest BCUT2D eigenvalue weighted by Crippen LogP contribution is 2.40. The van der Waals surface area contributed by atoms with E-state index in [1.807, 2.05) is 0 Å². The summed E-state index contributed by atoms with van der Waals surface area (Å²) in [5.41, 5.74) is 0.517. The van der Waals surface area contributed by atoms with Crippen LogP contribution in [0, 0.1) is 5.82 Å². The van der Waals surface area contributed by atoms with Gasteiger partial charge in [-0.05, 0) is 37.8 Å². The Balaban J connectivity index is 1.53. The highest BCUT2D eigenvalue weighted by atomic mass is 35.5. The van der Waals surface area contributed by atoms with Gasteiger partial charge in [0.05, 0.1) is 12.6 Å². The summed E-state index contributed by atoms with van der Waals surface area (Å²) < 4.78 is 21.9. The molecule has 1 unspecified atom stereocenters. The zero-order valence-corrected chi connectivity index (χ0v) is 14.8. The first-order chi connectivity index (χ1) is 11.7. The smallest absolute Gasteiger partial charge is 0.191 e. The van der Waals surface area contributed by atoms with Crippen molar-refractivity contribution in [2.45, 2.75) is 55.2 Å². The molecule has 0 spiro atoms. The molecule has 1 aromatic carbocycles. The number of halogens is 2. The molecule has 2 fully saturated rings. The highest BCUT2D eigenvalue weighted by molar-refractivity contribution is 7.98. The summed E-state index contributed by atoms with van der Waals surface area (Å²) in [6, 6.07) is 4.78. The van der Waals surface area contributed by atoms with E-state index in [-0.39, 0.29) is 11.9 Å². The molecule has 1 saturated heterocycles. The fraction of sp³-hybridized carbons (Fsp3) is 0.529. The lowest BCUT2D eigenvalue weighted by molar-refractivity contribution is 0.0942. The average Bonchev–Trinajstić information content (AvgIpc) is 3.13. The van der Waals surface area contributed by atoms with Crippen LogP contribution >= 0.6 is 23.4 Å². The Kier molecular flexibility index (Phi) is 4.79. The summed E-state index contributed by atoms with van der Waals surface area (Å²) >= 11 is 7.61. The predicted molar refractivity (Wildman–Crippen MR) is 91.9 cm³/mol. The maximum absolute atomic E-state index is 14.0. The van der Waals surface area contributed by atoms with Gasteiger partial charge in [0.15, 0.2) is 5.16 Å². The van der Waals surface area contributed by atoms with E-state index in [1.165, 1.54) is 30.7 Å². The van der Waals surface area contributed by atoms with Crippen molar-refractivity contribution in [1.29, 1.82) is 0 Å². The summed E-state index contributed by atoms with van der Waals surface area (Å²) in [4.78, 5) is 0. The maximum Gasteiger partial charge on any atom is 0.191 e.